The summed E-state index contributed by atoms with van der Waals surface area (Å²) in [6, 6.07) is 1.53. The van der Waals surface area contributed by atoms with E-state index in [1.807, 2.05) is 4.90 Å². The first-order valence-corrected chi connectivity index (χ1v) is 5.21. The predicted octanol–water partition coefficient (Wildman–Crippen LogP) is 2.02. The molecule has 0 aliphatic carbocycles. The fraction of sp³-hybridized carbons (Fsp3) is 0.500. The Morgan fingerprint density at radius 1 is 1.47 bits per heavy atom. The summed E-state index contributed by atoms with van der Waals surface area (Å²) >= 11 is 5.81. The van der Waals surface area contributed by atoms with E-state index in [0.29, 0.717) is 42.8 Å². The molecule has 0 spiro atoms. The summed E-state index contributed by atoms with van der Waals surface area (Å²) in [5, 5.41) is 0.329. The van der Waals surface area contributed by atoms with Crippen LogP contribution in [-0.2, 0) is 4.74 Å². The summed E-state index contributed by atoms with van der Waals surface area (Å²) in [5.74, 6) is 0.0459. The van der Waals surface area contributed by atoms with Crippen LogP contribution in [0.4, 0.5) is 10.2 Å². The predicted molar refractivity (Wildman–Crippen MR) is 57.0 cm³/mol. The van der Waals surface area contributed by atoms with Gasteiger partial charge in [-0.25, -0.2) is 9.37 Å². The van der Waals surface area contributed by atoms with Crippen LogP contribution < -0.4 is 4.90 Å². The van der Waals surface area contributed by atoms with Crippen LogP contribution in [0.25, 0.3) is 0 Å². The van der Waals surface area contributed by atoms with E-state index in [1.165, 1.54) is 6.07 Å². The Labute approximate surface area is 92.8 Å². The molecule has 5 heteroatoms. The fourth-order valence-corrected chi connectivity index (χ4v) is 1.83. The van der Waals surface area contributed by atoms with Crippen LogP contribution in [0.2, 0.25) is 5.15 Å². The molecule has 1 aliphatic rings. The number of anilines is 1. The van der Waals surface area contributed by atoms with E-state index < -0.39 is 0 Å². The minimum Gasteiger partial charge on any atom is -0.378 e. The van der Waals surface area contributed by atoms with Crippen LogP contribution in [0.3, 0.4) is 0 Å². The summed E-state index contributed by atoms with van der Waals surface area (Å²) in [7, 11) is 0. The minimum atomic E-state index is -0.290. The van der Waals surface area contributed by atoms with Gasteiger partial charge in [0.1, 0.15) is 5.15 Å². The van der Waals surface area contributed by atoms with Gasteiger partial charge in [0.2, 0.25) is 0 Å². The highest BCUT2D eigenvalue weighted by atomic mass is 35.5. The number of hydrogen-bond donors (Lipinski definition) is 0. The molecule has 15 heavy (non-hydrogen) atoms. The first-order chi connectivity index (χ1) is 7.18. The van der Waals surface area contributed by atoms with Crippen molar-refractivity contribution in [2.75, 3.05) is 31.2 Å². The van der Waals surface area contributed by atoms with Gasteiger partial charge >= 0.3 is 0 Å². The monoisotopic (exact) mass is 230 g/mol. The molecule has 82 valence electrons. The molecule has 0 N–H and O–H groups in total. The zero-order valence-corrected chi connectivity index (χ0v) is 9.22. The topological polar surface area (TPSA) is 25.4 Å². The van der Waals surface area contributed by atoms with Crippen LogP contribution in [0.15, 0.2) is 6.07 Å². The van der Waals surface area contributed by atoms with E-state index in [9.17, 15) is 4.39 Å². The third kappa shape index (κ3) is 2.21. The Balaban J connectivity index is 2.33. The van der Waals surface area contributed by atoms with Gasteiger partial charge in [-0.2, -0.15) is 0 Å². The first-order valence-electron chi connectivity index (χ1n) is 4.84. The molecule has 0 aromatic carbocycles. The van der Waals surface area contributed by atoms with E-state index in [4.69, 9.17) is 16.3 Å². The van der Waals surface area contributed by atoms with Crippen LogP contribution in [-0.4, -0.2) is 31.3 Å². The molecular weight excluding hydrogens is 219 g/mol. The maximum atomic E-state index is 13.8. The molecule has 1 saturated heterocycles. The molecule has 0 radical (unpaired) electrons. The van der Waals surface area contributed by atoms with Gasteiger partial charge in [-0.15, -0.1) is 0 Å². The van der Waals surface area contributed by atoms with Gasteiger partial charge < -0.3 is 9.64 Å². The van der Waals surface area contributed by atoms with E-state index in [-0.39, 0.29) is 5.82 Å². The summed E-state index contributed by atoms with van der Waals surface area (Å²) < 4.78 is 19.0. The van der Waals surface area contributed by atoms with Crippen molar-refractivity contribution in [2.45, 2.75) is 6.92 Å². The third-order valence-electron chi connectivity index (χ3n) is 2.40. The average molecular weight is 231 g/mol. The number of ether oxygens (including phenoxy) is 1. The minimum absolute atomic E-state index is 0.290. The molecule has 2 heterocycles. The second-order valence-corrected chi connectivity index (χ2v) is 3.89. The zero-order chi connectivity index (χ0) is 10.8. The van der Waals surface area contributed by atoms with Gasteiger partial charge in [0.05, 0.1) is 13.2 Å². The van der Waals surface area contributed by atoms with Crippen molar-refractivity contribution in [1.82, 2.24) is 4.98 Å². The standard InChI is InChI=1S/C10H12ClFN2O/c1-7-6-8(11)13-10(9(7)12)14-2-4-15-5-3-14/h6H,2-5H2,1H3. The lowest BCUT2D eigenvalue weighted by Gasteiger charge is -2.28. The lowest BCUT2D eigenvalue weighted by molar-refractivity contribution is 0.122. The number of pyridine rings is 1. The van der Waals surface area contributed by atoms with Crippen LogP contribution in [0, 0.1) is 12.7 Å². The van der Waals surface area contributed by atoms with Gasteiger partial charge in [0.15, 0.2) is 11.6 Å². The van der Waals surface area contributed by atoms with Gasteiger partial charge in [-0.05, 0) is 18.6 Å². The molecule has 0 amide bonds. The Morgan fingerprint density at radius 3 is 2.80 bits per heavy atom. The molecule has 3 nitrogen and oxygen atoms in total. The molecule has 0 bridgehead atoms. The van der Waals surface area contributed by atoms with Crippen molar-refractivity contribution >= 4 is 17.4 Å². The summed E-state index contributed by atoms with van der Waals surface area (Å²) in [4.78, 5) is 5.88. The van der Waals surface area contributed by atoms with Crippen molar-refractivity contribution in [3.63, 3.8) is 0 Å². The quantitative estimate of drug-likeness (QED) is 0.691. The molecule has 1 aromatic rings. The summed E-state index contributed by atoms with van der Waals surface area (Å²) in [6.45, 7) is 4.21. The lowest BCUT2D eigenvalue weighted by Crippen LogP contribution is -2.37. The number of halogens is 2. The number of nitrogens with zero attached hydrogens (tertiary/aromatic N) is 2. The maximum absolute atomic E-state index is 13.8. The van der Waals surface area contributed by atoms with Crippen LogP contribution >= 0.6 is 11.6 Å². The van der Waals surface area contributed by atoms with Gasteiger partial charge in [-0.3, -0.25) is 0 Å². The molecule has 1 aliphatic heterocycles. The van der Waals surface area contributed by atoms with Crippen molar-refractivity contribution in [3.05, 3.63) is 22.6 Å². The molecule has 2 rings (SSSR count). The van der Waals surface area contributed by atoms with E-state index >= 15 is 0 Å². The van der Waals surface area contributed by atoms with Crippen molar-refractivity contribution in [1.29, 1.82) is 0 Å². The van der Waals surface area contributed by atoms with Crippen LogP contribution in [0.1, 0.15) is 5.56 Å². The first kappa shape index (κ1) is 10.6. The lowest BCUT2D eigenvalue weighted by atomic mass is 10.2. The van der Waals surface area contributed by atoms with Gasteiger partial charge in [0.25, 0.3) is 0 Å². The second kappa shape index (κ2) is 4.33. The molecule has 0 unspecified atom stereocenters. The number of aryl methyl sites for hydroxylation is 1. The smallest absolute Gasteiger partial charge is 0.168 e. The van der Waals surface area contributed by atoms with E-state index in [1.54, 1.807) is 6.92 Å². The van der Waals surface area contributed by atoms with Crippen molar-refractivity contribution < 1.29 is 9.13 Å². The Hall–Kier alpha value is -0.870. The van der Waals surface area contributed by atoms with Crippen molar-refractivity contribution in [2.24, 2.45) is 0 Å². The SMILES string of the molecule is Cc1cc(Cl)nc(N2CCOCC2)c1F. The molecule has 0 atom stereocenters. The molecule has 1 aromatic heterocycles. The highest BCUT2D eigenvalue weighted by Crippen LogP contribution is 2.23. The van der Waals surface area contributed by atoms with Crippen LogP contribution in [0.5, 0.6) is 0 Å². The normalized spacial score (nSPS) is 16.9. The second-order valence-electron chi connectivity index (χ2n) is 3.50. The largest absolute Gasteiger partial charge is 0.378 e. The van der Waals surface area contributed by atoms with Crippen molar-refractivity contribution in [3.8, 4) is 0 Å². The van der Waals surface area contributed by atoms with Gasteiger partial charge in [0, 0.05) is 13.1 Å². The van der Waals surface area contributed by atoms with E-state index in [2.05, 4.69) is 4.98 Å². The molecule has 1 fully saturated rings. The highest BCUT2D eigenvalue weighted by Gasteiger charge is 2.18. The van der Waals surface area contributed by atoms with Gasteiger partial charge in [-0.1, -0.05) is 11.6 Å². The van der Waals surface area contributed by atoms with E-state index in [0.717, 1.165) is 0 Å². The Kier molecular flexibility index (Phi) is 3.07. The average Bonchev–Trinajstić information content (AvgIpc) is 2.24. The third-order valence-corrected chi connectivity index (χ3v) is 2.60. The highest BCUT2D eigenvalue weighted by molar-refractivity contribution is 6.29. The number of hydrogen-bond acceptors (Lipinski definition) is 3. The number of rotatable bonds is 1. The number of aromatic nitrogens is 1. The number of morpholine rings is 1. The maximum Gasteiger partial charge on any atom is 0.168 e. The Morgan fingerprint density at radius 2 is 2.13 bits per heavy atom. The Bertz CT molecular complexity index is 367. The summed E-state index contributed by atoms with van der Waals surface area (Å²) in [6.07, 6.45) is 0. The fourth-order valence-electron chi connectivity index (χ4n) is 1.59. The molecule has 0 saturated carbocycles. The zero-order valence-electron chi connectivity index (χ0n) is 8.46. The summed E-state index contributed by atoms with van der Waals surface area (Å²) in [5.41, 5.74) is 0.525. The molecular formula is C10H12ClFN2O.